The summed E-state index contributed by atoms with van der Waals surface area (Å²) in [6.07, 6.45) is 3.75. The Hall–Kier alpha value is -0.620. The second-order valence-electron chi connectivity index (χ2n) is 4.95. The third kappa shape index (κ3) is 4.24. The molecule has 0 spiro atoms. The monoisotopic (exact) mass is 276 g/mol. The molecule has 0 aliphatic carbocycles. The average molecular weight is 276 g/mol. The summed E-state index contributed by atoms with van der Waals surface area (Å²) in [5.74, 6) is 0.154. The summed E-state index contributed by atoms with van der Waals surface area (Å²) in [4.78, 5) is 11.9. The van der Waals surface area contributed by atoms with Crippen LogP contribution in [-0.2, 0) is 14.6 Å². The Kier molecular flexibility index (Phi) is 6.08. The van der Waals surface area contributed by atoms with Crippen molar-refractivity contribution < 1.29 is 13.2 Å². The van der Waals surface area contributed by atoms with Gasteiger partial charge in [-0.05, 0) is 31.7 Å². The molecule has 6 heteroatoms. The molecule has 0 aromatic rings. The Bertz CT molecular complexity index is 368. The van der Waals surface area contributed by atoms with Gasteiger partial charge < -0.3 is 11.1 Å². The summed E-state index contributed by atoms with van der Waals surface area (Å²) in [6, 6.07) is 0. The number of rotatable bonds is 6. The van der Waals surface area contributed by atoms with E-state index in [0.717, 1.165) is 19.3 Å². The molecule has 1 amide bonds. The lowest BCUT2D eigenvalue weighted by Crippen LogP contribution is -2.44. The van der Waals surface area contributed by atoms with Crippen molar-refractivity contribution in [3.05, 3.63) is 0 Å². The Morgan fingerprint density at radius 3 is 2.72 bits per heavy atom. The highest BCUT2D eigenvalue weighted by Gasteiger charge is 2.34. The first-order valence-electron chi connectivity index (χ1n) is 6.70. The fourth-order valence-electron chi connectivity index (χ4n) is 2.29. The van der Waals surface area contributed by atoms with Crippen LogP contribution in [0, 0.1) is 5.92 Å². The number of hydrogen-bond acceptors (Lipinski definition) is 4. The van der Waals surface area contributed by atoms with Crippen molar-refractivity contribution in [3.8, 4) is 0 Å². The van der Waals surface area contributed by atoms with Gasteiger partial charge in [-0.25, -0.2) is 8.42 Å². The summed E-state index contributed by atoms with van der Waals surface area (Å²) in [5.41, 5.74) is 5.49. The molecule has 1 aliphatic rings. The van der Waals surface area contributed by atoms with Crippen LogP contribution in [0.1, 0.15) is 39.0 Å². The lowest BCUT2D eigenvalue weighted by molar-refractivity contribution is -0.121. The molecule has 0 radical (unpaired) electrons. The number of hydrogen-bond donors (Lipinski definition) is 2. The molecule has 1 saturated heterocycles. The normalized spacial score (nSPS) is 24.4. The number of nitrogens with one attached hydrogen (secondary N) is 1. The van der Waals surface area contributed by atoms with Crippen molar-refractivity contribution >= 4 is 15.7 Å². The smallest absolute Gasteiger partial charge is 0.238 e. The van der Waals surface area contributed by atoms with E-state index in [0.29, 0.717) is 31.8 Å². The van der Waals surface area contributed by atoms with Gasteiger partial charge in [-0.2, -0.15) is 0 Å². The first-order valence-corrected chi connectivity index (χ1v) is 8.42. The number of nitrogens with two attached hydrogens (primary N) is 1. The van der Waals surface area contributed by atoms with Crippen molar-refractivity contribution in [1.29, 1.82) is 0 Å². The Morgan fingerprint density at radius 1 is 1.44 bits per heavy atom. The van der Waals surface area contributed by atoms with Gasteiger partial charge in [0.2, 0.25) is 5.91 Å². The van der Waals surface area contributed by atoms with Gasteiger partial charge in [0, 0.05) is 6.54 Å². The highest BCUT2D eigenvalue weighted by atomic mass is 32.2. The molecule has 3 N–H and O–H groups in total. The largest absolute Gasteiger partial charge is 0.355 e. The average Bonchev–Trinajstić information content (AvgIpc) is 2.33. The zero-order chi connectivity index (χ0) is 13.6. The van der Waals surface area contributed by atoms with Gasteiger partial charge in [0.15, 0.2) is 9.84 Å². The van der Waals surface area contributed by atoms with Crippen molar-refractivity contribution in [3.63, 3.8) is 0 Å². The minimum atomic E-state index is -3.23. The molecule has 0 bridgehead atoms. The van der Waals surface area contributed by atoms with Crippen LogP contribution in [0.15, 0.2) is 0 Å². The van der Waals surface area contributed by atoms with E-state index in [4.69, 9.17) is 5.73 Å². The molecule has 1 heterocycles. The lowest BCUT2D eigenvalue weighted by Gasteiger charge is -2.22. The van der Waals surface area contributed by atoms with Crippen LogP contribution >= 0.6 is 0 Å². The third-order valence-electron chi connectivity index (χ3n) is 3.59. The predicted molar refractivity (Wildman–Crippen MR) is 71.9 cm³/mol. The second-order valence-corrected chi connectivity index (χ2v) is 7.25. The predicted octanol–water partition coefficient (Wildman–Crippen LogP) is 0.445. The Morgan fingerprint density at radius 2 is 2.17 bits per heavy atom. The van der Waals surface area contributed by atoms with E-state index in [1.807, 2.05) is 6.92 Å². The number of amides is 1. The zero-order valence-corrected chi connectivity index (χ0v) is 11.8. The van der Waals surface area contributed by atoms with Crippen molar-refractivity contribution in [2.45, 2.75) is 44.3 Å². The molecule has 1 aliphatic heterocycles. The van der Waals surface area contributed by atoms with E-state index in [-0.39, 0.29) is 11.7 Å². The topological polar surface area (TPSA) is 89.3 Å². The van der Waals surface area contributed by atoms with Crippen LogP contribution in [0.2, 0.25) is 0 Å². The lowest BCUT2D eigenvalue weighted by atomic mass is 10.0. The van der Waals surface area contributed by atoms with E-state index in [1.165, 1.54) is 0 Å². The van der Waals surface area contributed by atoms with Gasteiger partial charge in [0.05, 0.1) is 5.75 Å². The van der Waals surface area contributed by atoms with E-state index in [9.17, 15) is 13.2 Å². The molecule has 0 aromatic heterocycles. The quantitative estimate of drug-likeness (QED) is 0.737. The van der Waals surface area contributed by atoms with Crippen LogP contribution in [0.25, 0.3) is 0 Å². The Labute approximate surface area is 109 Å². The second kappa shape index (κ2) is 7.09. The number of sulfone groups is 1. The van der Waals surface area contributed by atoms with Crippen molar-refractivity contribution in [1.82, 2.24) is 5.32 Å². The number of carbonyl (C=O) groups is 1. The summed E-state index contributed by atoms with van der Waals surface area (Å²) in [6.45, 7) is 3.17. The maximum atomic E-state index is 11.9. The maximum Gasteiger partial charge on any atom is 0.238 e. The maximum absolute atomic E-state index is 11.9. The fraction of sp³-hybridized carbons (Fsp3) is 0.917. The van der Waals surface area contributed by atoms with Crippen LogP contribution in [-0.4, -0.2) is 38.4 Å². The molecule has 106 valence electrons. The molecule has 0 saturated carbocycles. The molecule has 2 atom stereocenters. The molecule has 1 rings (SSSR count). The highest BCUT2D eigenvalue weighted by Crippen LogP contribution is 2.19. The van der Waals surface area contributed by atoms with E-state index in [2.05, 4.69) is 5.32 Å². The van der Waals surface area contributed by atoms with Gasteiger partial charge in [-0.15, -0.1) is 0 Å². The van der Waals surface area contributed by atoms with Gasteiger partial charge in [0.1, 0.15) is 5.25 Å². The van der Waals surface area contributed by atoms with Crippen LogP contribution in [0.4, 0.5) is 0 Å². The van der Waals surface area contributed by atoms with E-state index < -0.39 is 15.1 Å². The first kappa shape index (κ1) is 15.4. The van der Waals surface area contributed by atoms with Crippen molar-refractivity contribution in [2.75, 3.05) is 18.8 Å². The summed E-state index contributed by atoms with van der Waals surface area (Å²) in [7, 11) is -3.23. The summed E-state index contributed by atoms with van der Waals surface area (Å²) >= 11 is 0. The first-order chi connectivity index (χ1) is 8.51. The van der Waals surface area contributed by atoms with E-state index >= 15 is 0 Å². The van der Waals surface area contributed by atoms with E-state index in [1.54, 1.807) is 0 Å². The standard InChI is InChI=1S/C12H24N2O3S/c1-2-10(6-7-13)9-14-12(15)11-5-3-4-8-18(11,16)17/h10-11H,2-9,13H2,1H3,(H,14,15). The minimum absolute atomic E-state index is 0.144. The summed E-state index contributed by atoms with van der Waals surface area (Å²) in [5, 5.41) is 1.94. The fourth-order valence-corrected chi connectivity index (χ4v) is 4.12. The van der Waals surface area contributed by atoms with Gasteiger partial charge in [-0.1, -0.05) is 19.8 Å². The van der Waals surface area contributed by atoms with Gasteiger partial charge >= 0.3 is 0 Å². The SMILES string of the molecule is CCC(CCN)CNC(=O)C1CCCCS1(=O)=O. The van der Waals surface area contributed by atoms with Crippen LogP contribution in [0.3, 0.4) is 0 Å². The molecular weight excluding hydrogens is 252 g/mol. The zero-order valence-electron chi connectivity index (χ0n) is 11.0. The molecule has 5 nitrogen and oxygen atoms in total. The third-order valence-corrected chi connectivity index (χ3v) is 5.76. The molecule has 18 heavy (non-hydrogen) atoms. The molecule has 1 fully saturated rings. The van der Waals surface area contributed by atoms with Crippen LogP contribution < -0.4 is 11.1 Å². The Balaban J connectivity index is 2.49. The molecular formula is C12H24N2O3S. The number of carbonyl (C=O) groups excluding carboxylic acids is 1. The summed E-state index contributed by atoms with van der Waals surface area (Å²) < 4.78 is 23.6. The van der Waals surface area contributed by atoms with Crippen molar-refractivity contribution in [2.24, 2.45) is 11.7 Å². The minimum Gasteiger partial charge on any atom is -0.355 e. The molecule has 2 unspecified atom stereocenters. The van der Waals surface area contributed by atoms with Gasteiger partial charge in [-0.3, -0.25) is 4.79 Å². The van der Waals surface area contributed by atoms with Gasteiger partial charge in [0.25, 0.3) is 0 Å². The molecule has 0 aromatic carbocycles. The van der Waals surface area contributed by atoms with Crippen LogP contribution in [0.5, 0.6) is 0 Å². The highest BCUT2D eigenvalue weighted by molar-refractivity contribution is 7.92.